The Morgan fingerprint density at radius 1 is 1.41 bits per heavy atom. The van der Waals surface area contributed by atoms with Crippen molar-refractivity contribution < 1.29 is 0 Å². The molecule has 0 saturated carbocycles. The highest BCUT2D eigenvalue weighted by molar-refractivity contribution is 8.00. The molecule has 1 saturated heterocycles. The zero-order valence-corrected chi connectivity index (χ0v) is 11.8. The summed E-state index contributed by atoms with van der Waals surface area (Å²) in [5.74, 6) is 2.90. The molecule has 1 aromatic heterocycles. The van der Waals surface area contributed by atoms with Crippen molar-refractivity contribution in [2.45, 2.75) is 25.5 Å². The predicted molar refractivity (Wildman–Crippen MR) is 75.1 cm³/mol. The number of nitrogens with one attached hydrogen (secondary N) is 1. The lowest BCUT2D eigenvalue weighted by molar-refractivity contribution is 0.641. The molecule has 94 valence electrons. The zero-order chi connectivity index (χ0) is 12.5. The largest absolute Gasteiger partial charge is 0.357 e. The highest BCUT2D eigenvalue weighted by Crippen LogP contribution is 2.31. The Hall–Kier alpha value is -0.970. The van der Waals surface area contributed by atoms with Gasteiger partial charge in [-0.05, 0) is 20.8 Å². The topological polar surface area (TPSA) is 41.1 Å². The van der Waals surface area contributed by atoms with Crippen LogP contribution in [0.15, 0.2) is 6.07 Å². The first-order valence-electron chi connectivity index (χ1n) is 5.92. The molecule has 0 unspecified atom stereocenters. The lowest BCUT2D eigenvalue weighted by Gasteiger charge is -2.38. The lowest BCUT2D eigenvalue weighted by atomic mass is 10.2. The van der Waals surface area contributed by atoms with Gasteiger partial charge in [0.2, 0.25) is 5.95 Å². The molecule has 1 aliphatic rings. The van der Waals surface area contributed by atoms with Crippen molar-refractivity contribution >= 4 is 23.5 Å². The molecule has 0 aliphatic carbocycles. The van der Waals surface area contributed by atoms with E-state index >= 15 is 0 Å². The van der Waals surface area contributed by atoms with Gasteiger partial charge in [-0.25, -0.2) is 4.98 Å². The van der Waals surface area contributed by atoms with E-state index in [9.17, 15) is 0 Å². The fraction of sp³-hybridized carbons (Fsp3) is 0.667. The summed E-state index contributed by atoms with van der Waals surface area (Å²) in [6.07, 6.45) is 0. The van der Waals surface area contributed by atoms with E-state index < -0.39 is 0 Å². The van der Waals surface area contributed by atoms with E-state index in [2.05, 4.69) is 40.1 Å². The average molecular weight is 252 g/mol. The zero-order valence-electron chi connectivity index (χ0n) is 10.9. The smallest absolute Gasteiger partial charge is 0.224 e. The first-order valence-corrected chi connectivity index (χ1v) is 6.91. The molecule has 0 spiro atoms. The quantitative estimate of drug-likeness (QED) is 0.873. The van der Waals surface area contributed by atoms with Crippen LogP contribution in [-0.4, -0.2) is 40.6 Å². The van der Waals surface area contributed by atoms with Gasteiger partial charge in [0.1, 0.15) is 5.82 Å². The normalized spacial score (nSPS) is 19.2. The molecule has 0 aromatic carbocycles. The number of hydrogen-bond acceptors (Lipinski definition) is 5. The molecule has 0 bridgehead atoms. The standard InChI is InChI=1S/C12H20N4S/c1-9-7-10(15-11(13-4)14-9)16-5-6-17-12(2,3)8-16/h7H,5-6,8H2,1-4H3,(H,13,14,15). The Kier molecular flexibility index (Phi) is 3.47. The van der Waals surface area contributed by atoms with E-state index in [1.807, 2.05) is 25.7 Å². The van der Waals surface area contributed by atoms with Crippen molar-refractivity contribution in [3.05, 3.63) is 11.8 Å². The van der Waals surface area contributed by atoms with Crippen LogP contribution >= 0.6 is 11.8 Å². The first kappa shape index (κ1) is 12.5. The molecule has 1 N–H and O–H groups in total. The van der Waals surface area contributed by atoms with Gasteiger partial charge in [0.25, 0.3) is 0 Å². The van der Waals surface area contributed by atoms with Crippen LogP contribution < -0.4 is 10.2 Å². The molecule has 0 amide bonds. The Labute approximate surface area is 107 Å². The van der Waals surface area contributed by atoms with Crippen LogP contribution in [0.3, 0.4) is 0 Å². The van der Waals surface area contributed by atoms with Crippen molar-refractivity contribution in [3.63, 3.8) is 0 Å². The lowest BCUT2D eigenvalue weighted by Crippen LogP contribution is -2.43. The molecule has 5 heteroatoms. The van der Waals surface area contributed by atoms with Crippen LogP contribution in [-0.2, 0) is 0 Å². The third-order valence-electron chi connectivity index (χ3n) is 2.81. The summed E-state index contributed by atoms with van der Waals surface area (Å²) in [6.45, 7) is 8.69. The van der Waals surface area contributed by atoms with Gasteiger partial charge in [0.15, 0.2) is 0 Å². The fourth-order valence-corrected chi connectivity index (χ4v) is 3.15. The molecule has 1 fully saturated rings. The first-order chi connectivity index (χ1) is 8.00. The number of anilines is 2. The number of nitrogens with zero attached hydrogens (tertiary/aromatic N) is 3. The highest BCUT2D eigenvalue weighted by atomic mass is 32.2. The number of thioether (sulfide) groups is 1. The molecule has 17 heavy (non-hydrogen) atoms. The van der Waals surface area contributed by atoms with Gasteiger partial charge in [-0.15, -0.1) is 0 Å². The summed E-state index contributed by atoms with van der Waals surface area (Å²) in [7, 11) is 1.86. The maximum Gasteiger partial charge on any atom is 0.224 e. The van der Waals surface area contributed by atoms with Gasteiger partial charge in [-0.1, -0.05) is 0 Å². The second kappa shape index (κ2) is 4.72. The molecular formula is C12H20N4S. The van der Waals surface area contributed by atoms with Gasteiger partial charge >= 0.3 is 0 Å². The summed E-state index contributed by atoms with van der Waals surface area (Å²) in [5, 5.41) is 3.01. The second-order valence-electron chi connectivity index (χ2n) is 4.97. The molecule has 1 aliphatic heterocycles. The Morgan fingerprint density at radius 3 is 2.82 bits per heavy atom. The average Bonchev–Trinajstić information content (AvgIpc) is 2.27. The summed E-state index contributed by atoms with van der Waals surface area (Å²) >= 11 is 2.03. The summed E-state index contributed by atoms with van der Waals surface area (Å²) in [6, 6.07) is 2.06. The van der Waals surface area contributed by atoms with Gasteiger partial charge in [0.05, 0.1) is 0 Å². The van der Waals surface area contributed by atoms with E-state index in [4.69, 9.17) is 0 Å². The van der Waals surface area contributed by atoms with E-state index in [1.165, 1.54) is 0 Å². The molecule has 2 rings (SSSR count). The summed E-state index contributed by atoms with van der Waals surface area (Å²) in [5.41, 5.74) is 1.01. The maximum atomic E-state index is 4.54. The van der Waals surface area contributed by atoms with Gasteiger partial charge in [-0.3, -0.25) is 0 Å². The molecule has 4 nitrogen and oxygen atoms in total. The third kappa shape index (κ3) is 3.03. The van der Waals surface area contributed by atoms with Crippen LogP contribution in [0.1, 0.15) is 19.5 Å². The van der Waals surface area contributed by atoms with Crippen LogP contribution in [0.2, 0.25) is 0 Å². The van der Waals surface area contributed by atoms with Crippen molar-refractivity contribution in [2.24, 2.45) is 0 Å². The van der Waals surface area contributed by atoms with Crippen molar-refractivity contribution in [1.29, 1.82) is 0 Å². The number of hydrogen-bond donors (Lipinski definition) is 1. The number of rotatable bonds is 2. The summed E-state index contributed by atoms with van der Waals surface area (Å²) in [4.78, 5) is 11.2. The predicted octanol–water partition coefficient (Wildman–Crippen LogP) is 2.16. The van der Waals surface area contributed by atoms with E-state index in [0.29, 0.717) is 10.7 Å². The van der Waals surface area contributed by atoms with Crippen LogP contribution in [0.25, 0.3) is 0 Å². The second-order valence-corrected chi connectivity index (χ2v) is 6.77. The minimum atomic E-state index is 0.302. The molecule has 0 atom stereocenters. The summed E-state index contributed by atoms with van der Waals surface area (Å²) < 4.78 is 0.302. The SMILES string of the molecule is CNc1nc(C)cc(N2CCSC(C)(C)C2)n1. The van der Waals surface area contributed by atoms with E-state index in [1.54, 1.807) is 0 Å². The van der Waals surface area contributed by atoms with Crippen molar-refractivity contribution in [1.82, 2.24) is 9.97 Å². The molecular weight excluding hydrogens is 232 g/mol. The fourth-order valence-electron chi connectivity index (χ4n) is 2.04. The maximum absolute atomic E-state index is 4.54. The van der Waals surface area contributed by atoms with E-state index in [-0.39, 0.29) is 0 Å². The highest BCUT2D eigenvalue weighted by Gasteiger charge is 2.27. The third-order valence-corrected chi connectivity index (χ3v) is 4.11. The molecule has 0 radical (unpaired) electrons. The monoisotopic (exact) mass is 252 g/mol. The molecule has 1 aromatic rings. The Balaban J connectivity index is 2.24. The van der Waals surface area contributed by atoms with Gasteiger partial charge < -0.3 is 10.2 Å². The Bertz CT molecular complexity index is 405. The Morgan fingerprint density at radius 2 is 2.18 bits per heavy atom. The number of aromatic nitrogens is 2. The van der Waals surface area contributed by atoms with Crippen LogP contribution in [0.5, 0.6) is 0 Å². The van der Waals surface area contributed by atoms with E-state index in [0.717, 1.165) is 30.4 Å². The number of aryl methyl sites for hydroxylation is 1. The minimum Gasteiger partial charge on any atom is -0.357 e. The van der Waals surface area contributed by atoms with Crippen LogP contribution in [0, 0.1) is 6.92 Å². The van der Waals surface area contributed by atoms with Crippen LogP contribution in [0.4, 0.5) is 11.8 Å². The van der Waals surface area contributed by atoms with Crippen molar-refractivity contribution in [3.8, 4) is 0 Å². The van der Waals surface area contributed by atoms with Gasteiger partial charge in [-0.2, -0.15) is 16.7 Å². The minimum absolute atomic E-state index is 0.302. The van der Waals surface area contributed by atoms with Crippen molar-refractivity contribution in [2.75, 3.05) is 36.1 Å². The van der Waals surface area contributed by atoms with Gasteiger partial charge in [0, 0.05) is 42.4 Å². The molecule has 2 heterocycles.